The third-order valence-corrected chi connectivity index (χ3v) is 3.06. The van der Waals surface area contributed by atoms with Gasteiger partial charge in [0.05, 0.1) is 6.10 Å². The van der Waals surface area contributed by atoms with E-state index in [1.54, 1.807) is 0 Å². The minimum Gasteiger partial charge on any atom is -0.480 e. The number of carbonyl (C=O) groups excluding carboxylic acids is 2. The van der Waals surface area contributed by atoms with Crippen LogP contribution in [0.3, 0.4) is 0 Å². The van der Waals surface area contributed by atoms with Crippen molar-refractivity contribution in [2.24, 2.45) is 0 Å². The normalized spacial score (nSPS) is 23.6. The molecule has 1 heterocycles. The predicted molar refractivity (Wildman–Crippen MR) is 74.6 cm³/mol. The molecule has 0 bridgehead atoms. The number of aliphatic hydroxyl groups is 1. The number of hydrogen-bond donors (Lipinski definition) is 4. The summed E-state index contributed by atoms with van der Waals surface area (Å²) in [7, 11) is 0. The quantitative estimate of drug-likeness (QED) is 0.561. The Labute approximate surface area is 123 Å². The predicted octanol–water partition coefficient (Wildman–Crippen LogP) is -0.481. The van der Waals surface area contributed by atoms with Gasteiger partial charge in [-0.1, -0.05) is 0 Å². The second-order valence-electron chi connectivity index (χ2n) is 6.31. The summed E-state index contributed by atoms with van der Waals surface area (Å²) in [5.74, 6) is -1.53. The summed E-state index contributed by atoms with van der Waals surface area (Å²) in [5.41, 5.74) is -0.427. The number of aliphatic hydroxyl groups excluding tert-OH is 1. The molecule has 1 saturated heterocycles. The molecule has 4 N–H and O–H groups in total. The van der Waals surface area contributed by atoms with E-state index in [1.807, 2.05) is 20.8 Å². The van der Waals surface area contributed by atoms with Gasteiger partial charge in [0.25, 0.3) is 0 Å². The average Bonchev–Trinajstić information content (AvgIpc) is 2.69. The molecule has 0 aliphatic carbocycles. The minimum absolute atomic E-state index is 0.00861. The van der Waals surface area contributed by atoms with Crippen LogP contribution in [-0.4, -0.2) is 63.3 Å². The van der Waals surface area contributed by atoms with Gasteiger partial charge in [0.2, 0.25) is 5.91 Å². The van der Waals surface area contributed by atoms with E-state index in [1.165, 1.54) is 6.92 Å². The Kier molecular flexibility index (Phi) is 5.16. The maximum Gasteiger partial charge on any atom is 0.326 e. The molecular formula is C13H23N3O5. The van der Waals surface area contributed by atoms with E-state index < -0.39 is 35.7 Å². The number of nitrogens with zero attached hydrogens (tertiary/aromatic N) is 1. The molecule has 8 heteroatoms. The lowest BCUT2D eigenvalue weighted by Crippen LogP contribution is -2.54. The monoisotopic (exact) mass is 301 g/mol. The summed E-state index contributed by atoms with van der Waals surface area (Å²) in [6.45, 7) is 6.90. The van der Waals surface area contributed by atoms with Gasteiger partial charge < -0.3 is 25.7 Å². The first kappa shape index (κ1) is 17.2. The van der Waals surface area contributed by atoms with E-state index in [0.717, 1.165) is 4.90 Å². The van der Waals surface area contributed by atoms with Crippen LogP contribution in [0, 0.1) is 0 Å². The highest BCUT2D eigenvalue weighted by Crippen LogP contribution is 2.18. The molecule has 0 aromatic rings. The van der Waals surface area contributed by atoms with Gasteiger partial charge in [-0.2, -0.15) is 0 Å². The molecule has 0 radical (unpaired) electrons. The lowest BCUT2D eigenvalue weighted by Gasteiger charge is -2.26. The highest BCUT2D eigenvalue weighted by atomic mass is 16.4. The van der Waals surface area contributed by atoms with Gasteiger partial charge in [-0.15, -0.1) is 0 Å². The molecule has 2 unspecified atom stereocenters. The van der Waals surface area contributed by atoms with Crippen LogP contribution < -0.4 is 10.6 Å². The number of carbonyl (C=O) groups is 3. The van der Waals surface area contributed by atoms with Crippen LogP contribution in [0.2, 0.25) is 0 Å². The third-order valence-electron chi connectivity index (χ3n) is 3.06. The Morgan fingerprint density at radius 3 is 2.33 bits per heavy atom. The van der Waals surface area contributed by atoms with Crippen LogP contribution in [0.4, 0.5) is 4.79 Å². The van der Waals surface area contributed by atoms with E-state index in [4.69, 9.17) is 5.11 Å². The lowest BCUT2D eigenvalue weighted by molar-refractivity contribution is -0.141. The van der Waals surface area contributed by atoms with Crippen molar-refractivity contribution >= 4 is 17.9 Å². The number of carboxylic acid groups (broad SMARTS) is 1. The Morgan fingerprint density at radius 1 is 1.29 bits per heavy atom. The van der Waals surface area contributed by atoms with Gasteiger partial charge in [0.1, 0.15) is 12.1 Å². The molecule has 1 aliphatic heterocycles. The van der Waals surface area contributed by atoms with Crippen molar-refractivity contribution in [2.45, 2.75) is 57.8 Å². The molecule has 1 aliphatic rings. The number of likely N-dealkylation sites (tertiary alicyclic amines) is 1. The molecule has 21 heavy (non-hydrogen) atoms. The van der Waals surface area contributed by atoms with Crippen molar-refractivity contribution in [3.05, 3.63) is 0 Å². The van der Waals surface area contributed by atoms with Crippen molar-refractivity contribution in [3.8, 4) is 0 Å². The van der Waals surface area contributed by atoms with Crippen LogP contribution in [0.5, 0.6) is 0 Å². The van der Waals surface area contributed by atoms with Gasteiger partial charge in [-0.25, -0.2) is 9.59 Å². The summed E-state index contributed by atoms with van der Waals surface area (Å²) < 4.78 is 0. The molecule has 0 aromatic carbocycles. The molecule has 0 spiro atoms. The zero-order valence-corrected chi connectivity index (χ0v) is 12.7. The summed E-state index contributed by atoms with van der Waals surface area (Å²) in [6.07, 6.45) is -0.874. The molecular weight excluding hydrogens is 278 g/mol. The molecule has 3 amide bonds. The van der Waals surface area contributed by atoms with Gasteiger partial charge in [0.15, 0.2) is 0 Å². The highest BCUT2D eigenvalue weighted by molar-refractivity contribution is 5.89. The van der Waals surface area contributed by atoms with Crippen molar-refractivity contribution in [1.29, 1.82) is 0 Å². The Morgan fingerprint density at radius 2 is 1.86 bits per heavy atom. The number of amides is 3. The van der Waals surface area contributed by atoms with Gasteiger partial charge in [-0.05, 0) is 27.7 Å². The van der Waals surface area contributed by atoms with E-state index >= 15 is 0 Å². The second kappa shape index (κ2) is 6.30. The number of nitrogens with one attached hydrogen (secondary N) is 2. The summed E-state index contributed by atoms with van der Waals surface area (Å²) >= 11 is 0. The van der Waals surface area contributed by atoms with Crippen LogP contribution in [-0.2, 0) is 9.59 Å². The topological polar surface area (TPSA) is 119 Å². The fraction of sp³-hybridized carbons (Fsp3) is 0.769. The minimum atomic E-state index is -1.17. The molecule has 0 saturated carbocycles. The molecule has 3 atom stereocenters. The molecule has 1 rings (SSSR count). The zero-order chi connectivity index (χ0) is 16.4. The van der Waals surface area contributed by atoms with Crippen molar-refractivity contribution in [2.75, 3.05) is 6.54 Å². The van der Waals surface area contributed by atoms with E-state index in [-0.39, 0.29) is 18.9 Å². The standard InChI is InChI=1S/C13H23N3O5/c1-7(10(18)15-13(2,3)4)14-12(21)16-6-8(17)5-9(16)11(19)20/h7-9,17H,5-6H2,1-4H3,(H,14,21)(H,15,18)(H,19,20)/t7?,8?,9-/m0/s1. The van der Waals surface area contributed by atoms with Gasteiger partial charge >= 0.3 is 12.0 Å². The second-order valence-corrected chi connectivity index (χ2v) is 6.31. The van der Waals surface area contributed by atoms with Gasteiger partial charge in [-0.3, -0.25) is 4.79 Å². The van der Waals surface area contributed by atoms with Crippen LogP contribution in [0.1, 0.15) is 34.1 Å². The average molecular weight is 301 g/mol. The largest absolute Gasteiger partial charge is 0.480 e. The van der Waals surface area contributed by atoms with Crippen LogP contribution in [0.15, 0.2) is 0 Å². The maximum absolute atomic E-state index is 12.0. The SMILES string of the molecule is CC(NC(=O)N1CC(O)C[C@H]1C(=O)O)C(=O)NC(C)(C)C. The molecule has 1 fully saturated rings. The van der Waals surface area contributed by atoms with Crippen molar-refractivity contribution < 1.29 is 24.6 Å². The summed E-state index contributed by atoms with van der Waals surface area (Å²) in [5, 5.41) is 23.7. The Bertz CT molecular complexity index is 432. The first-order valence-corrected chi connectivity index (χ1v) is 6.81. The maximum atomic E-state index is 12.0. The smallest absolute Gasteiger partial charge is 0.326 e. The number of urea groups is 1. The van der Waals surface area contributed by atoms with Crippen molar-refractivity contribution in [3.63, 3.8) is 0 Å². The van der Waals surface area contributed by atoms with Crippen LogP contribution >= 0.6 is 0 Å². The number of β-amino-alcohol motifs (C(OH)–C–C–N with tert-alkyl or cyclic N) is 1. The number of hydrogen-bond acceptors (Lipinski definition) is 4. The van der Waals surface area contributed by atoms with Gasteiger partial charge in [0, 0.05) is 18.5 Å². The molecule has 0 aromatic heterocycles. The Balaban J connectivity index is 2.63. The highest BCUT2D eigenvalue weighted by Gasteiger charge is 2.39. The zero-order valence-electron chi connectivity index (χ0n) is 12.7. The Hall–Kier alpha value is -1.83. The molecule has 8 nitrogen and oxygen atoms in total. The number of aliphatic carboxylic acids is 1. The lowest BCUT2D eigenvalue weighted by atomic mass is 10.1. The first-order valence-electron chi connectivity index (χ1n) is 6.81. The summed E-state index contributed by atoms with van der Waals surface area (Å²) in [4.78, 5) is 36.0. The van der Waals surface area contributed by atoms with Crippen molar-refractivity contribution in [1.82, 2.24) is 15.5 Å². The molecule has 120 valence electrons. The first-order chi connectivity index (χ1) is 9.51. The fourth-order valence-electron chi connectivity index (χ4n) is 2.08. The number of rotatable bonds is 3. The third kappa shape index (κ3) is 4.89. The van der Waals surface area contributed by atoms with E-state index in [9.17, 15) is 19.5 Å². The fourth-order valence-corrected chi connectivity index (χ4v) is 2.08. The number of carboxylic acids is 1. The van der Waals surface area contributed by atoms with E-state index in [2.05, 4.69) is 10.6 Å². The van der Waals surface area contributed by atoms with Crippen LogP contribution in [0.25, 0.3) is 0 Å². The van der Waals surface area contributed by atoms with E-state index in [0.29, 0.717) is 0 Å². The summed E-state index contributed by atoms with van der Waals surface area (Å²) in [6, 6.07) is -2.54.